The lowest BCUT2D eigenvalue weighted by Gasteiger charge is -2.06. The topological polar surface area (TPSA) is 35.5 Å². The van der Waals surface area contributed by atoms with Gasteiger partial charge in [0.05, 0.1) is 13.2 Å². The zero-order chi connectivity index (χ0) is 10.9. The van der Waals surface area contributed by atoms with Crippen molar-refractivity contribution >= 4 is 6.29 Å². The summed E-state index contributed by atoms with van der Waals surface area (Å²) in [4.78, 5) is 10.3. The lowest BCUT2D eigenvalue weighted by Crippen LogP contribution is -2.09. The molecule has 0 aliphatic carbocycles. The van der Waals surface area contributed by atoms with Gasteiger partial charge in [-0.15, -0.1) is 0 Å². The minimum absolute atomic E-state index is 0.0645. The van der Waals surface area contributed by atoms with Crippen molar-refractivity contribution in [1.29, 1.82) is 0 Å². The van der Waals surface area contributed by atoms with Gasteiger partial charge in [0.1, 0.15) is 13.1 Å². The van der Waals surface area contributed by atoms with E-state index in [1.54, 1.807) is 0 Å². The highest BCUT2D eigenvalue weighted by molar-refractivity contribution is 5.52. The van der Waals surface area contributed by atoms with E-state index in [-0.39, 0.29) is 12.7 Å². The van der Waals surface area contributed by atoms with Crippen LogP contribution in [-0.4, -0.2) is 19.7 Å². The molecule has 0 unspecified atom stereocenters. The Hall–Kier alpha value is -1.19. The second kappa shape index (κ2) is 7.15. The quantitative estimate of drug-likeness (QED) is 0.390. The molecule has 1 aromatic carbocycles. The number of hydrogen-bond acceptors (Lipinski definition) is 3. The Bertz CT molecular complexity index is 271. The van der Waals surface area contributed by atoms with E-state index in [4.69, 9.17) is 9.47 Å². The first kappa shape index (κ1) is 11.9. The number of carbonyl (C=O) groups excluding carboxylic acids is 1. The number of benzene rings is 1. The average Bonchev–Trinajstić information content (AvgIpc) is 2.29. The van der Waals surface area contributed by atoms with Gasteiger partial charge in [-0.1, -0.05) is 37.3 Å². The number of carbonyl (C=O) groups is 1. The summed E-state index contributed by atoms with van der Waals surface area (Å²) in [5.41, 5.74) is 1.12. The van der Waals surface area contributed by atoms with Crippen molar-refractivity contribution in [2.45, 2.75) is 13.5 Å². The maximum Gasteiger partial charge on any atom is 0.147 e. The molecule has 0 aromatic heterocycles. The largest absolute Gasteiger partial charge is 0.355 e. The molecule has 0 N–H and O–H groups in total. The minimum atomic E-state index is -0.0645. The van der Waals surface area contributed by atoms with Gasteiger partial charge in [0.15, 0.2) is 0 Å². The zero-order valence-corrected chi connectivity index (χ0v) is 8.89. The van der Waals surface area contributed by atoms with Crippen LogP contribution in [0.3, 0.4) is 0 Å². The summed E-state index contributed by atoms with van der Waals surface area (Å²) in [6.45, 7) is 2.99. The Morgan fingerprint density at radius 1 is 1.27 bits per heavy atom. The number of aldehydes is 1. The van der Waals surface area contributed by atoms with E-state index in [1.165, 1.54) is 0 Å². The molecule has 0 bridgehead atoms. The van der Waals surface area contributed by atoms with Crippen molar-refractivity contribution in [3.05, 3.63) is 35.9 Å². The SMILES string of the molecule is C[C@H](C=O)COCOCc1ccccc1. The number of hydrogen-bond donors (Lipinski definition) is 0. The highest BCUT2D eigenvalue weighted by Crippen LogP contribution is 2.00. The third kappa shape index (κ3) is 5.30. The van der Waals surface area contributed by atoms with Gasteiger partial charge < -0.3 is 14.3 Å². The van der Waals surface area contributed by atoms with Gasteiger partial charge in [0, 0.05) is 5.92 Å². The predicted molar refractivity (Wildman–Crippen MR) is 57.3 cm³/mol. The molecule has 0 heterocycles. The average molecular weight is 208 g/mol. The fourth-order valence-corrected chi connectivity index (χ4v) is 1.07. The van der Waals surface area contributed by atoms with Crippen LogP contribution in [0, 0.1) is 5.92 Å². The van der Waals surface area contributed by atoms with Crippen LogP contribution in [-0.2, 0) is 20.9 Å². The Morgan fingerprint density at radius 2 is 2.00 bits per heavy atom. The van der Waals surface area contributed by atoms with Crippen LogP contribution >= 0.6 is 0 Å². The first-order valence-corrected chi connectivity index (χ1v) is 4.97. The molecule has 0 radical (unpaired) electrons. The van der Waals surface area contributed by atoms with Gasteiger partial charge in [0.25, 0.3) is 0 Å². The maximum absolute atomic E-state index is 10.3. The molecular formula is C12H16O3. The van der Waals surface area contributed by atoms with Crippen LogP contribution in [0.4, 0.5) is 0 Å². The Balaban J connectivity index is 2.05. The van der Waals surface area contributed by atoms with E-state index >= 15 is 0 Å². The molecular weight excluding hydrogens is 192 g/mol. The summed E-state index contributed by atoms with van der Waals surface area (Å²) in [5, 5.41) is 0. The lowest BCUT2D eigenvalue weighted by atomic mass is 10.2. The summed E-state index contributed by atoms with van der Waals surface area (Å²) >= 11 is 0. The van der Waals surface area contributed by atoms with Crippen molar-refractivity contribution in [1.82, 2.24) is 0 Å². The Morgan fingerprint density at radius 3 is 2.67 bits per heavy atom. The smallest absolute Gasteiger partial charge is 0.147 e. The second-order valence-electron chi connectivity index (χ2n) is 3.44. The summed E-state index contributed by atoms with van der Waals surface area (Å²) in [6.07, 6.45) is 0.872. The molecule has 1 atom stereocenters. The van der Waals surface area contributed by atoms with Gasteiger partial charge in [-0.2, -0.15) is 0 Å². The van der Waals surface area contributed by atoms with Crippen LogP contribution in [0.25, 0.3) is 0 Å². The van der Waals surface area contributed by atoms with Gasteiger partial charge in [-0.05, 0) is 5.56 Å². The minimum Gasteiger partial charge on any atom is -0.355 e. The summed E-state index contributed by atoms with van der Waals surface area (Å²) in [7, 11) is 0. The number of rotatable bonds is 7. The summed E-state index contributed by atoms with van der Waals surface area (Å²) in [5.74, 6) is -0.0645. The van der Waals surface area contributed by atoms with E-state index in [0.29, 0.717) is 13.2 Å². The fraction of sp³-hybridized carbons (Fsp3) is 0.417. The number of ether oxygens (including phenoxy) is 2. The molecule has 3 heteroatoms. The van der Waals surface area contributed by atoms with E-state index in [0.717, 1.165) is 11.8 Å². The van der Waals surface area contributed by atoms with Crippen molar-refractivity contribution < 1.29 is 14.3 Å². The van der Waals surface area contributed by atoms with E-state index < -0.39 is 0 Å². The van der Waals surface area contributed by atoms with Crippen LogP contribution in [0.2, 0.25) is 0 Å². The van der Waals surface area contributed by atoms with Crippen molar-refractivity contribution in [2.75, 3.05) is 13.4 Å². The molecule has 15 heavy (non-hydrogen) atoms. The van der Waals surface area contributed by atoms with Crippen LogP contribution in [0.15, 0.2) is 30.3 Å². The monoisotopic (exact) mass is 208 g/mol. The molecule has 0 saturated heterocycles. The van der Waals surface area contributed by atoms with Crippen LogP contribution in [0.5, 0.6) is 0 Å². The Labute approximate surface area is 90.0 Å². The molecule has 0 aliphatic heterocycles. The third-order valence-electron chi connectivity index (χ3n) is 1.89. The lowest BCUT2D eigenvalue weighted by molar-refractivity contribution is -0.115. The predicted octanol–water partition coefficient (Wildman–Crippen LogP) is 2.01. The maximum atomic E-state index is 10.3. The van der Waals surface area contributed by atoms with Crippen molar-refractivity contribution in [2.24, 2.45) is 5.92 Å². The second-order valence-corrected chi connectivity index (χ2v) is 3.44. The molecule has 0 aliphatic rings. The standard InChI is InChI=1S/C12H16O3/c1-11(7-13)8-14-10-15-9-12-5-3-2-4-6-12/h2-7,11H,8-10H2,1H3/t11-/m1/s1. The van der Waals surface area contributed by atoms with Gasteiger partial charge in [-0.25, -0.2) is 0 Å². The normalized spacial score (nSPS) is 12.3. The van der Waals surface area contributed by atoms with Gasteiger partial charge >= 0.3 is 0 Å². The highest BCUT2D eigenvalue weighted by Gasteiger charge is 1.98. The van der Waals surface area contributed by atoms with E-state index in [9.17, 15) is 4.79 Å². The van der Waals surface area contributed by atoms with Gasteiger partial charge in [-0.3, -0.25) is 0 Å². The van der Waals surface area contributed by atoms with Crippen molar-refractivity contribution in [3.63, 3.8) is 0 Å². The van der Waals surface area contributed by atoms with Crippen molar-refractivity contribution in [3.8, 4) is 0 Å². The molecule has 0 amide bonds. The fourth-order valence-electron chi connectivity index (χ4n) is 1.07. The highest BCUT2D eigenvalue weighted by atomic mass is 16.7. The summed E-state index contributed by atoms with van der Waals surface area (Å²) in [6, 6.07) is 9.88. The van der Waals surface area contributed by atoms with E-state index in [2.05, 4.69) is 0 Å². The molecule has 0 fully saturated rings. The summed E-state index contributed by atoms with van der Waals surface area (Å²) < 4.78 is 10.4. The van der Waals surface area contributed by atoms with Crippen LogP contribution < -0.4 is 0 Å². The van der Waals surface area contributed by atoms with Gasteiger partial charge in [0.2, 0.25) is 0 Å². The first-order chi connectivity index (χ1) is 7.33. The Kier molecular flexibility index (Phi) is 5.66. The molecule has 0 spiro atoms. The molecule has 0 saturated carbocycles. The molecule has 1 rings (SSSR count). The molecule has 1 aromatic rings. The molecule has 82 valence electrons. The third-order valence-corrected chi connectivity index (χ3v) is 1.89. The first-order valence-electron chi connectivity index (χ1n) is 4.97. The molecule has 3 nitrogen and oxygen atoms in total. The van der Waals surface area contributed by atoms with E-state index in [1.807, 2.05) is 37.3 Å². The zero-order valence-electron chi connectivity index (χ0n) is 8.89. The van der Waals surface area contributed by atoms with Crippen LogP contribution in [0.1, 0.15) is 12.5 Å².